The molecule has 0 bridgehead atoms. The Bertz CT molecular complexity index is 649. The molecule has 0 aliphatic heterocycles. The molecule has 0 fully saturated rings. The van der Waals surface area contributed by atoms with Gasteiger partial charge < -0.3 is 88.8 Å². The zero-order valence-electron chi connectivity index (χ0n) is 31.5. The van der Waals surface area contributed by atoms with E-state index in [4.69, 9.17) is 0 Å². The van der Waals surface area contributed by atoms with Crippen LogP contribution in [0.2, 0.25) is 0 Å². The molecule has 294 valence electrons. The molecule has 0 rings (SSSR count). The molecule has 0 N–H and O–H groups in total. The zero-order valence-corrected chi connectivity index (χ0v) is 33.5. The third-order valence-electron chi connectivity index (χ3n) is 6.13. The van der Waals surface area contributed by atoms with Gasteiger partial charge in [0.05, 0.1) is 0 Å². The van der Waals surface area contributed by atoms with Crippen molar-refractivity contribution >= 4 is 36.6 Å². The Morgan fingerprint density at radius 1 is 0.265 bits per heavy atom. The molecule has 0 radical (unpaired) electrons. The molecule has 0 aromatic carbocycles. The number of nitrogens with zero attached hydrogens (tertiary/aromatic N) is 6. The molecule has 49 heavy (non-hydrogen) atoms. The molecule has 0 saturated heterocycles. The largest absolute Gasteiger partial charge is 0.530 e. The van der Waals surface area contributed by atoms with E-state index in [1.54, 1.807) is 83.1 Å². The minimum Gasteiger partial charge on any atom is -0.530 e. The van der Waals surface area contributed by atoms with Gasteiger partial charge in [0.1, 0.15) is 36.6 Å². The van der Waals surface area contributed by atoms with E-state index in [0.29, 0.717) is 78.5 Å². The predicted molar refractivity (Wildman–Crippen MR) is 170 cm³/mol. The fraction of sp³-hybridized carbons (Fsp3) is 0.800. The molecular weight excluding hydrogens is 732 g/mol. The van der Waals surface area contributed by atoms with Gasteiger partial charge in [-0.15, -0.1) is 0 Å². The van der Waals surface area contributed by atoms with Gasteiger partial charge in [-0.1, -0.05) is 0 Å². The molecule has 6 amide bonds. The van der Waals surface area contributed by atoms with Crippen molar-refractivity contribution in [2.75, 3.05) is 78.5 Å². The van der Waals surface area contributed by atoms with Crippen molar-refractivity contribution in [3.05, 3.63) is 0 Å². The first kappa shape index (κ1) is 60.6. The first-order valence-electron chi connectivity index (χ1n) is 16.1. The molecule has 0 aliphatic carbocycles. The van der Waals surface area contributed by atoms with Gasteiger partial charge in [0.15, 0.2) is 0 Å². The summed E-state index contributed by atoms with van der Waals surface area (Å²) in [5.41, 5.74) is 0. The van der Waals surface area contributed by atoms with E-state index in [0.717, 1.165) is 0 Å². The molecule has 0 unspecified atom stereocenters. The van der Waals surface area contributed by atoms with Crippen LogP contribution in [0.3, 0.4) is 0 Å². The van der Waals surface area contributed by atoms with Crippen molar-refractivity contribution in [3.8, 4) is 0 Å². The fourth-order valence-corrected chi connectivity index (χ4v) is 2.89. The molecule has 0 spiro atoms. The van der Waals surface area contributed by atoms with Crippen LogP contribution in [0, 0.1) is 0 Å². The molecular formula is C30H60MoN6O12-6. The van der Waals surface area contributed by atoms with Crippen molar-refractivity contribution in [2.45, 2.75) is 83.1 Å². The monoisotopic (exact) mass is 794 g/mol. The average molecular weight is 793 g/mol. The van der Waals surface area contributed by atoms with Gasteiger partial charge in [0, 0.05) is 99.6 Å². The molecule has 18 nitrogen and oxygen atoms in total. The normalized spacial score (nSPS) is 8.57. The number of amides is 6. The van der Waals surface area contributed by atoms with Crippen molar-refractivity contribution in [1.82, 2.24) is 29.4 Å². The van der Waals surface area contributed by atoms with Crippen molar-refractivity contribution in [1.29, 1.82) is 0 Å². The van der Waals surface area contributed by atoms with E-state index in [1.165, 1.54) is 29.4 Å². The molecule has 0 aliphatic rings. The average Bonchev–Trinajstić information content (AvgIpc) is 3.01. The topological polar surface area (TPSA) is 260 Å². The van der Waals surface area contributed by atoms with Gasteiger partial charge in [0.2, 0.25) is 0 Å². The summed E-state index contributed by atoms with van der Waals surface area (Å²) in [4.78, 5) is 67.2. The number of hydrogen-bond acceptors (Lipinski definition) is 12. The van der Waals surface area contributed by atoms with E-state index in [9.17, 15) is 59.4 Å². The second-order valence-corrected chi connectivity index (χ2v) is 8.63. The van der Waals surface area contributed by atoms with E-state index in [2.05, 4.69) is 0 Å². The summed E-state index contributed by atoms with van der Waals surface area (Å²) in [6, 6.07) is 0. The van der Waals surface area contributed by atoms with E-state index < -0.39 is 36.6 Å². The van der Waals surface area contributed by atoms with Crippen LogP contribution in [0.25, 0.3) is 0 Å². The van der Waals surface area contributed by atoms with Crippen LogP contribution in [0.4, 0.5) is 28.8 Å². The summed E-state index contributed by atoms with van der Waals surface area (Å²) < 4.78 is 0. The second-order valence-electron chi connectivity index (χ2n) is 8.63. The number of rotatable bonds is 12. The summed E-state index contributed by atoms with van der Waals surface area (Å²) in [5, 5.41) is 59.9. The van der Waals surface area contributed by atoms with Crippen LogP contribution < -0.4 is 30.6 Å². The van der Waals surface area contributed by atoms with Gasteiger partial charge in [-0.25, -0.2) is 0 Å². The summed E-state index contributed by atoms with van der Waals surface area (Å²) >= 11 is 0. The Morgan fingerprint density at radius 2 is 0.327 bits per heavy atom. The summed E-state index contributed by atoms with van der Waals surface area (Å²) in [6.07, 6.45) is -6.53. The molecule has 0 heterocycles. The van der Waals surface area contributed by atoms with Gasteiger partial charge in [0.25, 0.3) is 0 Å². The van der Waals surface area contributed by atoms with Crippen LogP contribution in [0.15, 0.2) is 0 Å². The van der Waals surface area contributed by atoms with Crippen LogP contribution in [0.5, 0.6) is 0 Å². The molecule has 0 saturated carbocycles. The maximum atomic E-state index is 9.98. The van der Waals surface area contributed by atoms with Crippen molar-refractivity contribution in [3.63, 3.8) is 0 Å². The van der Waals surface area contributed by atoms with E-state index >= 15 is 0 Å². The Balaban J connectivity index is -0.0000000860. The summed E-state index contributed by atoms with van der Waals surface area (Å²) in [5.74, 6) is 0. The SMILES string of the molecule is CCN(CC)C(=O)[O-].CCN(CC)C(=O)[O-].CCN(CC)C(=O)[O-].CCN(CC)C(=O)[O-].CCN(CC)C(=O)[O-].CCN(CC)C(=O)[O-].[Mo]. The maximum absolute atomic E-state index is 9.98. The van der Waals surface area contributed by atoms with Crippen molar-refractivity contribution < 1.29 is 80.5 Å². The molecule has 19 heteroatoms. The minimum atomic E-state index is -1.09. The molecule has 0 aromatic rings. The molecule has 0 aromatic heterocycles. The Labute approximate surface area is 307 Å². The molecule has 0 atom stereocenters. The first-order chi connectivity index (χ1) is 22.3. The van der Waals surface area contributed by atoms with Gasteiger partial charge in [-0.05, 0) is 83.1 Å². The fourth-order valence-electron chi connectivity index (χ4n) is 2.89. The summed E-state index contributed by atoms with van der Waals surface area (Å²) in [7, 11) is 0. The number of carbonyl (C=O) groups is 6. The predicted octanol–water partition coefficient (Wildman–Crippen LogP) is -1.97. The second kappa shape index (κ2) is 42.3. The van der Waals surface area contributed by atoms with Crippen LogP contribution >= 0.6 is 0 Å². The van der Waals surface area contributed by atoms with Crippen LogP contribution in [-0.4, -0.2) is 144 Å². The Morgan fingerprint density at radius 3 is 0.327 bits per heavy atom. The van der Waals surface area contributed by atoms with E-state index in [1.807, 2.05) is 0 Å². The Hall–Kier alpha value is -3.69. The quantitative estimate of drug-likeness (QED) is 0.195. The standard InChI is InChI=1S/6C5H11NO2.Mo/c6*1-3-6(4-2)5(7)8;/h6*3-4H2,1-2H3,(H,7,8);/p-6. The van der Waals surface area contributed by atoms with Gasteiger partial charge in [-0.2, -0.15) is 0 Å². The van der Waals surface area contributed by atoms with Gasteiger partial charge >= 0.3 is 0 Å². The third kappa shape index (κ3) is 40.4. The first-order valence-corrected chi connectivity index (χ1v) is 16.1. The zero-order chi connectivity index (χ0) is 39.4. The van der Waals surface area contributed by atoms with Crippen LogP contribution in [0.1, 0.15) is 83.1 Å². The van der Waals surface area contributed by atoms with E-state index in [-0.39, 0.29) is 21.1 Å². The number of carbonyl (C=O) groups excluding carboxylic acids is 6. The summed E-state index contributed by atoms with van der Waals surface area (Å²) in [6.45, 7) is 27.5. The van der Waals surface area contributed by atoms with Gasteiger partial charge in [-0.3, -0.25) is 0 Å². The maximum Gasteiger partial charge on any atom is 0.136 e. The van der Waals surface area contributed by atoms with Crippen LogP contribution in [-0.2, 0) is 21.1 Å². The third-order valence-corrected chi connectivity index (χ3v) is 6.13. The smallest absolute Gasteiger partial charge is 0.136 e. The van der Waals surface area contributed by atoms with Crippen molar-refractivity contribution in [2.24, 2.45) is 0 Å². The number of hydrogen-bond donors (Lipinski definition) is 0. The Kier molecular flexibility index (Phi) is 52.4. The minimum absolute atomic E-state index is 0. The number of carboxylic acid groups (broad SMARTS) is 6.